The monoisotopic (exact) mass is 388 g/mol. The van der Waals surface area contributed by atoms with Crippen LogP contribution in [0.2, 0.25) is 0 Å². The number of thiophene rings is 1. The summed E-state index contributed by atoms with van der Waals surface area (Å²) in [5.41, 5.74) is 6.64. The number of hydrogen-bond acceptors (Lipinski definition) is 6. The van der Waals surface area contributed by atoms with Crippen LogP contribution in [0.25, 0.3) is 10.2 Å². The first-order valence-electron chi connectivity index (χ1n) is 7.63. The van der Waals surface area contributed by atoms with Gasteiger partial charge in [-0.25, -0.2) is 9.97 Å². The van der Waals surface area contributed by atoms with E-state index in [1.165, 1.54) is 22.2 Å². The fraction of sp³-hybridized carbons (Fsp3) is 0.562. The van der Waals surface area contributed by atoms with E-state index in [9.17, 15) is 4.79 Å². The molecule has 2 aromatic heterocycles. The molecule has 0 bridgehead atoms. The summed E-state index contributed by atoms with van der Waals surface area (Å²) < 4.78 is 0. The van der Waals surface area contributed by atoms with Crippen molar-refractivity contribution in [2.24, 2.45) is 11.7 Å². The largest absolute Gasteiger partial charge is 0.349 e. The van der Waals surface area contributed by atoms with Crippen molar-refractivity contribution in [1.82, 2.24) is 15.3 Å². The Morgan fingerprint density at radius 1 is 1.42 bits per heavy atom. The molecule has 1 unspecified atom stereocenters. The third-order valence-electron chi connectivity index (χ3n) is 4.39. The molecule has 0 saturated carbocycles. The molecule has 0 spiro atoms. The highest BCUT2D eigenvalue weighted by atomic mass is 35.5. The molecule has 5 nitrogen and oxygen atoms in total. The summed E-state index contributed by atoms with van der Waals surface area (Å²) in [7, 11) is 0. The Kier molecular flexibility index (Phi) is 7.46. The van der Waals surface area contributed by atoms with E-state index in [4.69, 9.17) is 5.73 Å². The number of nitrogens with zero attached hydrogens (tertiary/aromatic N) is 2. The number of nitrogens with one attached hydrogen (secondary N) is 1. The van der Waals surface area contributed by atoms with E-state index in [1.54, 1.807) is 17.7 Å². The fourth-order valence-electron chi connectivity index (χ4n) is 2.18. The van der Waals surface area contributed by atoms with E-state index in [2.05, 4.69) is 43.0 Å². The van der Waals surface area contributed by atoms with Crippen LogP contribution >= 0.6 is 35.5 Å². The molecule has 0 aromatic carbocycles. The van der Waals surface area contributed by atoms with E-state index in [0.717, 1.165) is 15.2 Å². The second-order valence-electron chi connectivity index (χ2n) is 6.26. The van der Waals surface area contributed by atoms with Crippen molar-refractivity contribution in [3.8, 4) is 0 Å². The minimum absolute atomic E-state index is 0. The number of aromatic nitrogens is 2. The molecule has 0 saturated heterocycles. The molecule has 2 aromatic rings. The lowest BCUT2D eigenvalue weighted by Crippen LogP contribution is -2.55. The standard InChI is InChI=1S/C16H24N4OS2.ClH/c1-9(2)16(5,7-17)20-12(21)6-22-14-13-10(3)11(4)23-15(13)19-8-18-14;/h8-9H,6-7,17H2,1-5H3,(H,20,21);1H. The Morgan fingerprint density at radius 2 is 2.08 bits per heavy atom. The van der Waals surface area contributed by atoms with E-state index in [-0.39, 0.29) is 29.8 Å². The van der Waals surface area contributed by atoms with Crippen LogP contribution in [-0.2, 0) is 4.79 Å². The van der Waals surface area contributed by atoms with Crippen LogP contribution in [0.4, 0.5) is 0 Å². The lowest BCUT2D eigenvalue weighted by Gasteiger charge is -2.33. The number of thioether (sulfide) groups is 1. The van der Waals surface area contributed by atoms with Gasteiger partial charge in [0.1, 0.15) is 16.2 Å². The summed E-state index contributed by atoms with van der Waals surface area (Å²) in [6.07, 6.45) is 1.57. The third-order valence-corrected chi connectivity index (χ3v) is 6.50. The molecule has 1 atom stereocenters. The Morgan fingerprint density at radius 3 is 2.67 bits per heavy atom. The molecule has 8 heteroatoms. The number of carbonyl (C=O) groups excluding carboxylic acids is 1. The summed E-state index contributed by atoms with van der Waals surface area (Å²) in [4.78, 5) is 23.2. The van der Waals surface area contributed by atoms with Gasteiger partial charge in [-0.3, -0.25) is 4.79 Å². The highest BCUT2D eigenvalue weighted by molar-refractivity contribution is 8.00. The number of rotatable bonds is 6. The number of aryl methyl sites for hydroxylation is 2. The number of hydrogen-bond donors (Lipinski definition) is 2. The fourth-order valence-corrected chi connectivity index (χ4v) is 4.10. The van der Waals surface area contributed by atoms with Crippen LogP contribution in [0.1, 0.15) is 31.2 Å². The third kappa shape index (κ3) is 4.39. The molecular weight excluding hydrogens is 364 g/mol. The van der Waals surface area contributed by atoms with Gasteiger partial charge in [-0.1, -0.05) is 25.6 Å². The van der Waals surface area contributed by atoms with E-state index >= 15 is 0 Å². The second kappa shape index (κ2) is 8.47. The predicted octanol–water partition coefficient (Wildman–Crippen LogP) is 3.31. The normalized spacial score (nSPS) is 13.6. The lowest BCUT2D eigenvalue weighted by molar-refractivity contribution is -0.120. The molecule has 0 aliphatic rings. The second-order valence-corrected chi connectivity index (χ2v) is 8.42. The molecule has 3 N–H and O–H groups in total. The van der Waals surface area contributed by atoms with Gasteiger partial charge in [-0.2, -0.15) is 0 Å². The molecule has 0 fully saturated rings. The van der Waals surface area contributed by atoms with Gasteiger partial charge in [0.25, 0.3) is 0 Å². The maximum Gasteiger partial charge on any atom is 0.230 e. The SMILES string of the molecule is Cc1sc2ncnc(SCC(=O)NC(C)(CN)C(C)C)c2c1C.Cl. The smallest absolute Gasteiger partial charge is 0.230 e. The van der Waals surface area contributed by atoms with Gasteiger partial charge < -0.3 is 11.1 Å². The van der Waals surface area contributed by atoms with Gasteiger partial charge in [0, 0.05) is 16.8 Å². The zero-order valence-corrected chi connectivity index (χ0v) is 17.1. The zero-order chi connectivity index (χ0) is 17.2. The van der Waals surface area contributed by atoms with Crippen LogP contribution in [0, 0.1) is 19.8 Å². The minimum atomic E-state index is -0.381. The molecule has 0 aliphatic heterocycles. The number of amides is 1. The predicted molar refractivity (Wildman–Crippen MR) is 105 cm³/mol. The number of carbonyl (C=O) groups is 1. The first kappa shape index (κ1) is 21.2. The quantitative estimate of drug-likeness (QED) is 0.586. The van der Waals surface area contributed by atoms with Gasteiger partial charge in [0.15, 0.2) is 0 Å². The Bertz CT molecular complexity index is 719. The molecule has 134 valence electrons. The Hall–Kier alpha value is -0.890. The molecule has 2 rings (SSSR count). The topological polar surface area (TPSA) is 80.9 Å². The van der Waals surface area contributed by atoms with Crippen LogP contribution in [0.5, 0.6) is 0 Å². The molecule has 1 amide bonds. The summed E-state index contributed by atoms with van der Waals surface area (Å²) in [6.45, 7) is 10.7. The van der Waals surface area contributed by atoms with Gasteiger partial charge >= 0.3 is 0 Å². The minimum Gasteiger partial charge on any atom is -0.349 e. The van der Waals surface area contributed by atoms with Gasteiger partial charge in [-0.15, -0.1) is 23.7 Å². The van der Waals surface area contributed by atoms with E-state index < -0.39 is 0 Å². The van der Waals surface area contributed by atoms with Crippen molar-refractivity contribution < 1.29 is 4.79 Å². The van der Waals surface area contributed by atoms with Crippen LogP contribution in [-0.4, -0.2) is 33.7 Å². The molecule has 2 heterocycles. The molecule has 24 heavy (non-hydrogen) atoms. The maximum atomic E-state index is 12.3. The summed E-state index contributed by atoms with van der Waals surface area (Å²) in [5.74, 6) is 0.574. The zero-order valence-electron chi connectivity index (χ0n) is 14.7. The van der Waals surface area contributed by atoms with E-state index in [0.29, 0.717) is 12.3 Å². The Labute approximate surface area is 157 Å². The first-order chi connectivity index (χ1) is 10.8. The van der Waals surface area contributed by atoms with Crippen LogP contribution < -0.4 is 11.1 Å². The van der Waals surface area contributed by atoms with Crippen molar-refractivity contribution in [3.05, 3.63) is 16.8 Å². The van der Waals surface area contributed by atoms with Crippen molar-refractivity contribution in [2.45, 2.75) is 45.2 Å². The van der Waals surface area contributed by atoms with Crippen LogP contribution in [0.3, 0.4) is 0 Å². The highest BCUT2D eigenvalue weighted by Gasteiger charge is 2.28. The maximum absolute atomic E-state index is 12.3. The van der Waals surface area contributed by atoms with Crippen LogP contribution in [0.15, 0.2) is 11.4 Å². The summed E-state index contributed by atoms with van der Waals surface area (Å²) in [5, 5.41) is 4.99. The molecular formula is C16H25ClN4OS2. The van der Waals surface area contributed by atoms with Crippen molar-refractivity contribution in [1.29, 1.82) is 0 Å². The number of fused-ring (bicyclic) bond motifs is 1. The van der Waals surface area contributed by atoms with E-state index in [1.807, 2.05) is 6.92 Å². The van der Waals surface area contributed by atoms with Gasteiger partial charge in [-0.05, 0) is 32.3 Å². The van der Waals surface area contributed by atoms with Gasteiger partial charge in [0.2, 0.25) is 5.91 Å². The van der Waals surface area contributed by atoms with Crippen molar-refractivity contribution in [2.75, 3.05) is 12.3 Å². The highest BCUT2D eigenvalue weighted by Crippen LogP contribution is 2.34. The molecule has 0 aliphatic carbocycles. The molecule has 0 radical (unpaired) electrons. The van der Waals surface area contributed by atoms with Crippen molar-refractivity contribution >= 4 is 51.6 Å². The lowest BCUT2D eigenvalue weighted by atomic mass is 9.88. The first-order valence-corrected chi connectivity index (χ1v) is 9.43. The van der Waals surface area contributed by atoms with Gasteiger partial charge in [0.05, 0.1) is 11.3 Å². The Balaban J connectivity index is 0.00000288. The number of nitrogens with two attached hydrogens (primary N) is 1. The number of halogens is 1. The average Bonchev–Trinajstić information content (AvgIpc) is 2.80. The summed E-state index contributed by atoms with van der Waals surface area (Å²) >= 11 is 3.11. The average molecular weight is 389 g/mol. The van der Waals surface area contributed by atoms with Crippen molar-refractivity contribution in [3.63, 3.8) is 0 Å². The summed E-state index contributed by atoms with van der Waals surface area (Å²) in [6, 6.07) is 0.